The lowest BCUT2D eigenvalue weighted by molar-refractivity contribution is 0.117. The Kier molecular flexibility index (Phi) is 4.83. The van der Waals surface area contributed by atoms with Crippen LogP contribution in [0.15, 0.2) is 42.7 Å². The minimum Gasteiger partial charge on any atom is -0.494 e. The van der Waals surface area contributed by atoms with Crippen molar-refractivity contribution in [2.45, 2.75) is 32.4 Å². The number of hydrogen-bond acceptors (Lipinski definition) is 5. The molecule has 0 N–H and O–H groups in total. The smallest absolute Gasteiger partial charge is 0.165 e. The van der Waals surface area contributed by atoms with E-state index in [1.807, 2.05) is 16.8 Å². The van der Waals surface area contributed by atoms with Gasteiger partial charge in [-0.3, -0.25) is 14.6 Å². The van der Waals surface area contributed by atoms with Crippen molar-refractivity contribution in [1.82, 2.24) is 24.6 Å². The van der Waals surface area contributed by atoms with E-state index in [4.69, 9.17) is 14.8 Å². The molecular weight excluding hydrogens is 381 g/mol. The number of fused-ring (bicyclic) bond motifs is 2. The minimum atomic E-state index is -0.419. The third-order valence-electron chi connectivity index (χ3n) is 5.93. The Labute approximate surface area is 174 Å². The number of nitrogens with zero attached hydrogens (tertiary/aromatic N) is 5. The molecule has 0 amide bonds. The van der Waals surface area contributed by atoms with Gasteiger partial charge in [0.1, 0.15) is 6.17 Å². The van der Waals surface area contributed by atoms with Crippen LogP contribution in [0.1, 0.15) is 32.4 Å². The molecular formula is C23H24FN5O. The van der Waals surface area contributed by atoms with Crippen LogP contribution in [0.25, 0.3) is 33.2 Å². The Balaban J connectivity index is 1.51. The first-order valence-corrected chi connectivity index (χ1v) is 10.4. The Morgan fingerprint density at radius 2 is 1.87 bits per heavy atom. The van der Waals surface area contributed by atoms with Crippen LogP contribution >= 0.6 is 0 Å². The topological polar surface area (TPSA) is 56.1 Å². The van der Waals surface area contributed by atoms with Crippen molar-refractivity contribution in [2.75, 3.05) is 20.2 Å². The van der Waals surface area contributed by atoms with Gasteiger partial charge in [0, 0.05) is 30.2 Å². The van der Waals surface area contributed by atoms with E-state index in [0.29, 0.717) is 11.3 Å². The van der Waals surface area contributed by atoms with Gasteiger partial charge in [0.05, 0.1) is 35.6 Å². The second-order valence-electron chi connectivity index (χ2n) is 7.84. The van der Waals surface area contributed by atoms with E-state index < -0.39 is 5.82 Å². The summed E-state index contributed by atoms with van der Waals surface area (Å²) in [6.45, 7) is 4.43. The van der Waals surface area contributed by atoms with Crippen LogP contribution in [0, 0.1) is 5.82 Å². The van der Waals surface area contributed by atoms with Gasteiger partial charge in [-0.15, -0.1) is 0 Å². The predicted octanol–water partition coefficient (Wildman–Crippen LogP) is 4.80. The van der Waals surface area contributed by atoms with Crippen LogP contribution in [0.2, 0.25) is 0 Å². The first kappa shape index (κ1) is 18.9. The zero-order valence-electron chi connectivity index (χ0n) is 17.2. The third kappa shape index (κ3) is 3.39. The van der Waals surface area contributed by atoms with E-state index in [2.05, 4.69) is 23.0 Å². The summed E-state index contributed by atoms with van der Waals surface area (Å²) in [6, 6.07) is 8.78. The highest BCUT2D eigenvalue weighted by Gasteiger charge is 2.19. The van der Waals surface area contributed by atoms with Crippen LogP contribution in [0.4, 0.5) is 4.39 Å². The van der Waals surface area contributed by atoms with Gasteiger partial charge in [0.15, 0.2) is 11.6 Å². The van der Waals surface area contributed by atoms with Crippen molar-refractivity contribution < 1.29 is 9.13 Å². The third-order valence-corrected chi connectivity index (χ3v) is 5.93. The van der Waals surface area contributed by atoms with Crippen LogP contribution < -0.4 is 4.74 Å². The molecule has 2 aromatic carbocycles. The molecule has 4 aromatic rings. The molecule has 1 aliphatic heterocycles. The summed E-state index contributed by atoms with van der Waals surface area (Å²) in [5.41, 5.74) is 3.70. The maximum Gasteiger partial charge on any atom is 0.165 e. The monoisotopic (exact) mass is 405 g/mol. The lowest BCUT2D eigenvalue weighted by atomic mass is 10.1. The molecule has 1 atom stereocenters. The molecule has 1 unspecified atom stereocenters. The Bertz CT molecular complexity index is 1220. The highest BCUT2D eigenvalue weighted by atomic mass is 19.1. The van der Waals surface area contributed by atoms with Gasteiger partial charge in [0.25, 0.3) is 0 Å². The van der Waals surface area contributed by atoms with Crippen molar-refractivity contribution in [3.63, 3.8) is 0 Å². The van der Waals surface area contributed by atoms with Crippen LogP contribution in [0.3, 0.4) is 0 Å². The number of hydrogen-bond donors (Lipinski definition) is 0. The molecule has 0 bridgehead atoms. The zero-order chi connectivity index (χ0) is 20.7. The Morgan fingerprint density at radius 3 is 2.63 bits per heavy atom. The van der Waals surface area contributed by atoms with E-state index in [0.717, 1.165) is 35.0 Å². The zero-order valence-corrected chi connectivity index (χ0v) is 17.2. The van der Waals surface area contributed by atoms with E-state index in [9.17, 15) is 4.39 Å². The van der Waals surface area contributed by atoms with Crippen LogP contribution in [0.5, 0.6) is 5.75 Å². The van der Waals surface area contributed by atoms with Crippen molar-refractivity contribution in [3.05, 3.63) is 48.5 Å². The number of benzene rings is 2. The molecule has 5 rings (SSSR count). The fourth-order valence-electron chi connectivity index (χ4n) is 4.17. The highest BCUT2D eigenvalue weighted by molar-refractivity contribution is 5.93. The summed E-state index contributed by atoms with van der Waals surface area (Å²) in [4.78, 5) is 11.7. The van der Waals surface area contributed by atoms with Crippen molar-refractivity contribution in [3.8, 4) is 17.0 Å². The first-order valence-electron chi connectivity index (χ1n) is 10.4. The maximum absolute atomic E-state index is 14.1. The second kappa shape index (κ2) is 7.65. The molecule has 1 saturated heterocycles. The van der Waals surface area contributed by atoms with Gasteiger partial charge in [-0.1, -0.05) is 6.42 Å². The molecule has 3 heterocycles. The molecule has 2 aromatic heterocycles. The average Bonchev–Trinajstić information content (AvgIpc) is 3.20. The lowest BCUT2D eigenvalue weighted by Gasteiger charge is -2.32. The van der Waals surface area contributed by atoms with Crippen LogP contribution in [-0.4, -0.2) is 44.8 Å². The van der Waals surface area contributed by atoms with Gasteiger partial charge >= 0.3 is 0 Å². The second-order valence-corrected chi connectivity index (χ2v) is 7.84. The maximum atomic E-state index is 14.1. The summed E-state index contributed by atoms with van der Waals surface area (Å²) in [5, 5.41) is 5.85. The van der Waals surface area contributed by atoms with E-state index in [1.165, 1.54) is 32.4 Å². The standard InChI is InChI=1S/C23H24FN5O/c1-15(28-8-4-3-5-9-28)29-14-17-11-20-21(12-19(17)27-29)26-22(13-25-20)16-6-7-23(30-2)18(24)10-16/h6-7,10-15H,3-5,8-9H2,1-2H3. The quantitative estimate of drug-likeness (QED) is 0.488. The minimum absolute atomic E-state index is 0.211. The number of ether oxygens (including phenoxy) is 1. The van der Waals surface area contributed by atoms with E-state index in [1.54, 1.807) is 18.3 Å². The fourth-order valence-corrected chi connectivity index (χ4v) is 4.17. The SMILES string of the molecule is COc1ccc(-c2cnc3cc4cn(C(C)N5CCCCC5)nc4cc3n2)cc1F. The number of aromatic nitrogens is 4. The van der Waals surface area contributed by atoms with Crippen molar-refractivity contribution in [1.29, 1.82) is 0 Å². The summed E-state index contributed by atoms with van der Waals surface area (Å²) < 4.78 is 21.1. The highest BCUT2D eigenvalue weighted by Crippen LogP contribution is 2.27. The van der Waals surface area contributed by atoms with Gasteiger partial charge in [-0.2, -0.15) is 5.10 Å². The number of likely N-dealkylation sites (tertiary alicyclic amines) is 1. The largest absolute Gasteiger partial charge is 0.494 e. The number of piperidine rings is 1. The van der Waals surface area contributed by atoms with Gasteiger partial charge < -0.3 is 4.74 Å². The molecule has 0 aliphatic carbocycles. The van der Waals surface area contributed by atoms with Gasteiger partial charge in [-0.05, 0) is 50.1 Å². The van der Waals surface area contributed by atoms with Gasteiger partial charge in [-0.25, -0.2) is 9.37 Å². The molecule has 0 radical (unpaired) electrons. The molecule has 1 aliphatic rings. The number of halogens is 1. The number of methoxy groups -OCH3 is 1. The Morgan fingerprint density at radius 1 is 1.03 bits per heavy atom. The molecule has 7 heteroatoms. The van der Waals surface area contributed by atoms with Crippen molar-refractivity contribution >= 4 is 21.9 Å². The summed E-state index contributed by atoms with van der Waals surface area (Å²) >= 11 is 0. The average molecular weight is 405 g/mol. The fraction of sp³-hybridized carbons (Fsp3) is 0.348. The molecule has 0 spiro atoms. The lowest BCUT2D eigenvalue weighted by Crippen LogP contribution is -2.35. The predicted molar refractivity (Wildman–Crippen MR) is 115 cm³/mol. The van der Waals surface area contributed by atoms with E-state index >= 15 is 0 Å². The number of rotatable bonds is 4. The summed E-state index contributed by atoms with van der Waals surface area (Å²) in [6.07, 6.45) is 7.79. The molecule has 30 heavy (non-hydrogen) atoms. The molecule has 154 valence electrons. The van der Waals surface area contributed by atoms with E-state index in [-0.39, 0.29) is 11.9 Å². The molecule has 0 saturated carbocycles. The summed E-state index contributed by atoms with van der Waals surface area (Å²) in [7, 11) is 1.45. The normalized spacial score (nSPS) is 16.2. The first-order chi connectivity index (χ1) is 14.6. The summed E-state index contributed by atoms with van der Waals surface area (Å²) in [5.74, 6) is -0.208. The Hall–Kier alpha value is -3.06. The van der Waals surface area contributed by atoms with Gasteiger partial charge in [0.2, 0.25) is 0 Å². The van der Waals surface area contributed by atoms with Crippen molar-refractivity contribution in [2.24, 2.45) is 0 Å². The van der Waals surface area contributed by atoms with Crippen LogP contribution in [-0.2, 0) is 0 Å². The molecule has 6 nitrogen and oxygen atoms in total. The molecule has 1 fully saturated rings.